The van der Waals surface area contributed by atoms with Crippen molar-refractivity contribution in [3.05, 3.63) is 18.1 Å². The van der Waals surface area contributed by atoms with Crippen molar-refractivity contribution in [3.63, 3.8) is 0 Å². The van der Waals surface area contributed by atoms with Crippen molar-refractivity contribution in [2.24, 2.45) is 0 Å². The maximum Gasteiger partial charge on any atom is 0.341 e. The summed E-state index contributed by atoms with van der Waals surface area (Å²) >= 11 is 0. The Labute approximate surface area is 106 Å². The topological polar surface area (TPSA) is 84.3 Å². The van der Waals surface area contributed by atoms with Crippen LogP contribution in [0.2, 0.25) is 0 Å². The third-order valence-corrected chi connectivity index (χ3v) is 2.26. The molecule has 0 radical (unpaired) electrons. The molecule has 6 heteroatoms. The highest BCUT2D eigenvalue weighted by atomic mass is 16.5. The van der Waals surface area contributed by atoms with E-state index in [0.29, 0.717) is 12.4 Å². The summed E-state index contributed by atoms with van der Waals surface area (Å²) in [6.45, 7) is 5.38. The van der Waals surface area contributed by atoms with E-state index in [2.05, 4.69) is 15.3 Å². The molecule has 0 aliphatic heterocycles. The minimum atomic E-state index is -1.03. The third-order valence-electron chi connectivity index (χ3n) is 2.26. The van der Waals surface area contributed by atoms with Gasteiger partial charge in [0.15, 0.2) is 0 Å². The molecule has 0 aliphatic rings. The lowest BCUT2D eigenvalue weighted by Crippen LogP contribution is -2.11. The van der Waals surface area contributed by atoms with Crippen molar-refractivity contribution in [1.29, 1.82) is 0 Å². The van der Waals surface area contributed by atoms with E-state index < -0.39 is 5.97 Å². The highest BCUT2D eigenvalue weighted by Crippen LogP contribution is 2.09. The quantitative estimate of drug-likeness (QED) is 0.687. The molecule has 0 saturated carbocycles. The van der Waals surface area contributed by atoms with Crippen molar-refractivity contribution in [3.8, 4) is 0 Å². The molecule has 1 aromatic rings. The Morgan fingerprint density at radius 1 is 1.50 bits per heavy atom. The summed E-state index contributed by atoms with van der Waals surface area (Å²) in [6, 6.07) is 0. The van der Waals surface area contributed by atoms with Crippen molar-refractivity contribution >= 4 is 11.8 Å². The molecule has 0 saturated heterocycles. The predicted octanol–water partition coefficient (Wildman–Crippen LogP) is 1.79. The lowest BCUT2D eigenvalue weighted by molar-refractivity contribution is 0.0696. The average Bonchev–Trinajstić information content (AvgIpc) is 2.33. The first kappa shape index (κ1) is 14.4. The molecule has 0 unspecified atom stereocenters. The lowest BCUT2D eigenvalue weighted by Gasteiger charge is -2.09. The maximum absolute atomic E-state index is 10.9. The van der Waals surface area contributed by atoms with E-state index in [0.717, 1.165) is 19.4 Å². The highest BCUT2D eigenvalue weighted by molar-refractivity contribution is 5.92. The van der Waals surface area contributed by atoms with E-state index in [1.807, 2.05) is 13.8 Å². The molecular weight excluding hydrogens is 234 g/mol. The van der Waals surface area contributed by atoms with E-state index in [9.17, 15) is 4.79 Å². The predicted molar refractivity (Wildman–Crippen MR) is 67.8 cm³/mol. The molecule has 100 valence electrons. The zero-order valence-electron chi connectivity index (χ0n) is 10.7. The van der Waals surface area contributed by atoms with Gasteiger partial charge in [0.25, 0.3) is 0 Å². The van der Waals surface area contributed by atoms with Crippen LogP contribution in [0.1, 0.15) is 37.0 Å². The van der Waals surface area contributed by atoms with Crippen LogP contribution in [0.5, 0.6) is 0 Å². The molecule has 1 rings (SSSR count). The largest absolute Gasteiger partial charge is 0.477 e. The standard InChI is InChI=1S/C12H19N3O3/c1-9(2)18-6-4-3-5-14-11-10(12(16)17)7-13-8-15-11/h7-9H,3-6H2,1-2H3,(H,16,17)(H,13,14,15). The van der Waals surface area contributed by atoms with Crippen LogP contribution in [-0.4, -0.2) is 40.3 Å². The molecule has 6 nitrogen and oxygen atoms in total. The first-order chi connectivity index (χ1) is 8.61. The summed E-state index contributed by atoms with van der Waals surface area (Å²) in [6.07, 6.45) is 4.70. The van der Waals surface area contributed by atoms with Gasteiger partial charge in [0, 0.05) is 19.3 Å². The Morgan fingerprint density at radius 3 is 2.94 bits per heavy atom. The van der Waals surface area contributed by atoms with Crippen LogP contribution >= 0.6 is 0 Å². The van der Waals surface area contributed by atoms with Gasteiger partial charge in [-0.15, -0.1) is 0 Å². The van der Waals surface area contributed by atoms with Crippen molar-refractivity contribution in [1.82, 2.24) is 9.97 Å². The zero-order valence-corrected chi connectivity index (χ0v) is 10.7. The Bertz CT molecular complexity index is 383. The number of anilines is 1. The molecule has 0 amide bonds. The van der Waals surface area contributed by atoms with Crippen molar-refractivity contribution < 1.29 is 14.6 Å². The van der Waals surface area contributed by atoms with Gasteiger partial charge in [0.2, 0.25) is 0 Å². The summed E-state index contributed by atoms with van der Waals surface area (Å²) in [5.74, 6) is -0.663. The summed E-state index contributed by atoms with van der Waals surface area (Å²) in [4.78, 5) is 18.5. The Balaban J connectivity index is 2.29. The van der Waals surface area contributed by atoms with E-state index in [4.69, 9.17) is 9.84 Å². The third kappa shape index (κ3) is 5.09. The van der Waals surface area contributed by atoms with E-state index >= 15 is 0 Å². The molecule has 0 bridgehead atoms. The van der Waals surface area contributed by atoms with Crippen LogP contribution in [0.4, 0.5) is 5.82 Å². The normalized spacial score (nSPS) is 10.6. The van der Waals surface area contributed by atoms with Crippen LogP contribution in [0.15, 0.2) is 12.5 Å². The van der Waals surface area contributed by atoms with Gasteiger partial charge in [0.05, 0.1) is 6.10 Å². The molecule has 1 heterocycles. The number of aromatic nitrogens is 2. The second-order valence-electron chi connectivity index (χ2n) is 4.14. The molecule has 0 aliphatic carbocycles. The molecule has 2 N–H and O–H groups in total. The SMILES string of the molecule is CC(C)OCCCCNc1ncncc1C(=O)O. The van der Waals surface area contributed by atoms with E-state index in [-0.39, 0.29) is 11.7 Å². The second kappa shape index (κ2) is 7.60. The van der Waals surface area contributed by atoms with Crippen molar-refractivity contribution in [2.45, 2.75) is 32.8 Å². The molecular formula is C12H19N3O3. The number of carboxylic acids is 1. The Kier molecular flexibility index (Phi) is 6.07. The van der Waals surface area contributed by atoms with Gasteiger partial charge < -0.3 is 15.2 Å². The monoisotopic (exact) mass is 253 g/mol. The van der Waals surface area contributed by atoms with Gasteiger partial charge in [-0.2, -0.15) is 0 Å². The fraction of sp³-hybridized carbons (Fsp3) is 0.583. The van der Waals surface area contributed by atoms with Gasteiger partial charge in [-0.25, -0.2) is 14.8 Å². The first-order valence-electron chi connectivity index (χ1n) is 6.00. The van der Waals surface area contributed by atoms with Gasteiger partial charge in [-0.3, -0.25) is 0 Å². The van der Waals surface area contributed by atoms with E-state index in [1.54, 1.807) is 0 Å². The average molecular weight is 253 g/mol. The smallest absolute Gasteiger partial charge is 0.341 e. The summed E-state index contributed by atoms with van der Waals surface area (Å²) in [7, 11) is 0. The second-order valence-corrected chi connectivity index (χ2v) is 4.14. The number of nitrogens with zero attached hydrogens (tertiary/aromatic N) is 2. The van der Waals surface area contributed by atoms with Gasteiger partial charge in [-0.05, 0) is 26.7 Å². The van der Waals surface area contributed by atoms with Crippen LogP contribution in [0.3, 0.4) is 0 Å². The maximum atomic E-state index is 10.9. The van der Waals surface area contributed by atoms with Crippen LogP contribution < -0.4 is 5.32 Å². The van der Waals surface area contributed by atoms with Gasteiger partial charge in [0.1, 0.15) is 17.7 Å². The van der Waals surface area contributed by atoms with Gasteiger partial charge in [-0.1, -0.05) is 0 Å². The fourth-order valence-corrected chi connectivity index (χ4v) is 1.38. The summed E-state index contributed by atoms with van der Waals surface area (Å²) in [5.41, 5.74) is 0.0935. The first-order valence-corrected chi connectivity index (χ1v) is 6.00. The minimum Gasteiger partial charge on any atom is -0.477 e. The number of unbranched alkanes of at least 4 members (excludes halogenated alkanes) is 1. The zero-order chi connectivity index (χ0) is 13.4. The molecule has 0 spiro atoms. The van der Waals surface area contributed by atoms with Crippen molar-refractivity contribution in [2.75, 3.05) is 18.5 Å². The summed E-state index contributed by atoms with van der Waals surface area (Å²) in [5, 5.41) is 11.9. The molecule has 0 aromatic carbocycles. The number of ether oxygens (including phenoxy) is 1. The molecule has 0 fully saturated rings. The number of nitrogens with one attached hydrogen (secondary N) is 1. The Hall–Kier alpha value is -1.69. The summed E-state index contributed by atoms with van der Waals surface area (Å²) < 4.78 is 5.41. The highest BCUT2D eigenvalue weighted by Gasteiger charge is 2.10. The number of rotatable bonds is 8. The number of carboxylic acid groups (broad SMARTS) is 1. The van der Waals surface area contributed by atoms with Crippen LogP contribution in [-0.2, 0) is 4.74 Å². The van der Waals surface area contributed by atoms with Crippen LogP contribution in [0, 0.1) is 0 Å². The van der Waals surface area contributed by atoms with E-state index in [1.165, 1.54) is 12.5 Å². The van der Waals surface area contributed by atoms with Crippen LogP contribution in [0.25, 0.3) is 0 Å². The molecule has 18 heavy (non-hydrogen) atoms. The molecule has 1 aromatic heterocycles. The number of hydrogen-bond acceptors (Lipinski definition) is 5. The number of aromatic carboxylic acids is 1. The number of hydrogen-bond donors (Lipinski definition) is 2. The Morgan fingerprint density at radius 2 is 2.28 bits per heavy atom. The van der Waals surface area contributed by atoms with Gasteiger partial charge >= 0.3 is 5.97 Å². The fourth-order valence-electron chi connectivity index (χ4n) is 1.38. The lowest BCUT2D eigenvalue weighted by atomic mass is 10.3. The molecule has 0 atom stereocenters. The minimum absolute atomic E-state index is 0.0935. The number of carbonyl (C=O) groups is 1.